The van der Waals surface area contributed by atoms with E-state index in [2.05, 4.69) is 34.3 Å². The number of fused-ring (bicyclic) bond motifs is 1. The molecule has 2 aromatic heterocycles. The Morgan fingerprint density at radius 1 is 1.30 bits per heavy atom. The highest BCUT2D eigenvalue weighted by atomic mass is 16.1. The maximum atomic E-state index is 11.6. The van der Waals surface area contributed by atoms with Crippen LogP contribution in [0.2, 0.25) is 0 Å². The Kier molecular flexibility index (Phi) is 3.23. The lowest BCUT2D eigenvalue weighted by Crippen LogP contribution is -2.30. The summed E-state index contributed by atoms with van der Waals surface area (Å²) in [6.07, 6.45) is 3.64. The molecule has 20 heavy (non-hydrogen) atoms. The minimum Gasteiger partial charge on any atom is -0.367 e. The van der Waals surface area contributed by atoms with Crippen molar-refractivity contribution in [2.24, 2.45) is 11.8 Å². The Labute approximate surface area is 117 Å². The molecule has 1 aliphatic carbocycles. The van der Waals surface area contributed by atoms with Crippen molar-refractivity contribution >= 4 is 11.5 Å². The molecule has 1 saturated carbocycles. The molecule has 108 valence electrons. The Morgan fingerprint density at radius 3 is 2.70 bits per heavy atom. The number of H-pyrrole nitrogens is 1. The molecule has 2 aromatic rings. The summed E-state index contributed by atoms with van der Waals surface area (Å²) in [5, 5.41) is 9.96. The van der Waals surface area contributed by atoms with Crippen molar-refractivity contribution < 1.29 is 0 Å². The lowest BCUT2D eigenvalue weighted by molar-refractivity contribution is 0.280. The van der Waals surface area contributed by atoms with Crippen molar-refractivity contribution in [1.29, 1.82) is 0 Å². The van der Waals surface area contributed by atoms with Gasteiger partial charge < -0.3 is 5.32 Å². The molecule has 0 bridgehead atoms. The van der Waals surface area contributed by atoms with Crippen molar-refractivity contribution in [3.8, 4) is 0 Å². The Balaban J connectivity index is 1.86. The van der Waals surface area contributed by atoms with Gasteiger partial charge in [0.2, 0.25) is 0 Å². The minimum atomic E-state index is -0.239. The van der Waals surface area contributed by atoms with E-state index in [0.717, 1.165) is 17.7 Å². The first kappa shape index (κ1) is 13.1. The molecule has 0 aliphatic heterocycles. The fraction of sp³-hybridized carbons (Fsp3) is 0.643. The van der Waals surface area contributed by atoms with Gasteiger partial charge in [-0.2, -0.15) is 5.10 Å². The third kappa shape index (κ3) is 2.42. The zero-order valence-electron chi connectivity index (χ0n) is 12.2. The summed E-state index contributed by atoms with van der Waals surface area (Å²) in [5.74, 6) is 2.95. The van der Waals surface area contributed by atoms with Crippen molar-refractivity contribution in [2.75, 3.05) is 5.32 Å². The number of nitrogens with zero attached hydrogens (tertiary/aromatic N) is 3. The average Bonchev–Trinajstić information content (AvgIpc) is 2.69. The first-order valence-electron chi connectivity index (χ1n) is 7.24. The van der Waals surface area contributed by atoms with Gasteiger partial charge in [-0.3, -0.25) is 0 Å². The van der Waals surface area contributed by atoms with Crippen LogP contribution in [0.25, 0.3) is 5.65 Å². The largest absolute Gasteiger partial charge is 0.367 e. The number of aryl methyl sites for hydroxylation is 1. The SMILES string of the molecule is Cc1nc(NC2CC(C)CC(C)C2)cc2n[nH]c(=O)n12. The molecule has 2 N–H and O–H groups in total. The van der Waals surface area contributed by atoms with Crippen LogP contribution in [0.4, 0.5) is 5.82 Å². The minimum absolute atomic E-state index is 0.239. The number of hydrogen-bond donors (Lipinski definition) is 2. The molecular weight excluding hydrogens is 254 g/mol. The maximum absolute atomic E-state index is 11.6. The fourth-order valence-electron chi connectivity index (χ4n) is 3.45. The van der Waals surface area contributed by atoms with Crippen LogP contribution in [0.1, 0.15) is 38.9 Å². The molecule has 0 spiro atoms. The van der Waals surface area contributed by atoms with Crippen LogP contribution in [0, 0.1) is 18.8 Å². The highest BCUT2D eigenvalue weighted by Gasteiger charge is 2.24. The van der Waals surface area contributed by atoms with E-state index in [1.165, 1.54) is 23.7 Å². The van der Waals surface area contributed by atoms with Crippen LogP contribution >= 0.6 is 0 Å². The van der Waals surface area contributed by atoms with Gasteiger partial charge in [0.15, 0.2) is 5.65 Å². The van der Waals surface area contributed by atoms with Gasteiger partial charge in [-0.05, 0) is 38.0 Å². The molecule has 6 heteroatoms. The molecule has 2 unspecified atom stereocenters. The van der Waals surface area contributed by atoms with E-state index in [1.807, 2.05) is 13.0 Å². The van der Waals surface area contributed by atoms with Gasteiger partial charge >= 0.3 is 5.69 Å². The summed E-state index contributed by atoms with van der Waals surface area (Å²) in [6.45, 7) is 6.43. The predicted molar refractivity (Wildman–Crippen MR) is 77.9 cm³/mol. The summed E-state index contributed by atoms with van der Waals surface area (Å²) in [5.41, 5.74) is 0.373. The monoisotopic (exact) mass is 275 g/mol. The van der Waals surface area contributed by atoms with Crippen LogP contribution in [0.15, 0.2) is 10.9 Å². The second-order valence-electron chi connectivity index (χ2n) is 6.17. The van der Waals surface area contributed by atoms with E-state index in [1.54, 1.807) is 0 Å². The zero-order valence-corrected chi connectivity index (χ0v) is 12.2. The van der Waals surface area contributed by atoms with Crippen molar-refractivity contribution in [3.05, 3.63) is 22.4 Å². The first-order chi connectivity index (χ1) is 9.52. The lowest BCUT2D eigenvalue weighted by atomic mass is 9.80. The van der Waals surface area contributed by atoms with Crippen LogP contribution in [-0.4, -0.2) is 25.6 Å². The van der Waals surface area contributed by atoms with Gasteiger partial charge in [-0.25, -0.2) is 19.3 Å². The summed E-state index contributed by atoms with van der Waals surface area (Å²) in [7, 11) is 0. The molecule has 0 amide bonds. The van der Waals surface area contributed by atoms with Crippen LogP contribution in [0.5, 0.6) is 0 Å². The standard InChI is InChI=1S/C14H21N5O/c1-8-4-9(2)6-11(5-8)16-12-7-13-17-18-14(20)19(13)10(3)15-12/h7-9,11,16H,4-6H2,1-3H3,(H,18,20). The van der Waals surface area contributed by atoms with E-state index in [4.69, 9.17) is 0 Å². The van der Waals surface area contributed by atoms with Gasteiger partial charge in [-0.1, -0.05) is 13.8 Å². The Hall–Kier alpha value is -1.85. The molecule has 0 aromatic carbocycles. The lowest BCUT2D eigenvalue weighted by Gasteiger charge is -2.32. The molecule has 3 rings (SSSR count). The smallest absolute Gasteiger partial charge is 0.349 e. The maximum Gasteiger partial charge on any atom is 0.349 e. The number of aromatic amines is 1. The number of anilines is 1. The number of nitrogens with one attached hydrogen (secondary N) is 2. The molecule has 2 heterocycles. The third-order valence-corrected chi connectivity index (χ3v) is 4.10. The number of rotatable bonds is 2. The van der Waals surface area contributed by atoms with Crippen LogP contribution in [-0.2, 0) is 0 Å². The van der Waals surface area contributed by atoms with Gasteiger partial charge in [0, 0.05) is 12.1 Å². The fourth-order valence-corrected chi connectivity index (χ4v) is 3.45. The summed E-state index contributed by atoms with van der Waals surface area (Å²) in [4.78, 5) is 16.0. The van der Waals surface area contributed by atoms with Gasteiger partial charge in [0.05, 0.1) is 0 Å². The van der Waals surface area contributed by atoms with Gasteiger partial charge in [0.1, 0.15) is 11.6 Å². The Morgan fingerprint density at radius 2 is 2.00 bits per heavy atom. The second-order valence-corrected chi connectivity index (χ2v) is 6.17. The van der Waals surface area contributed by atoms with Crippen molar-refractivity contribution in [2.45, 2.75) is 46.1 Å². The summed E-state index contributed by atoms with van der Waals surface area (Å²) >= 11 is 0. The highest BCUT2D eigenvalue weighted by molar-refractivity contribution is 5.50. The number of hydrogen-bond acceptors (Lipinski definition) is 4. The van der Waals surface area contributed by atoms with E-state index in [0.29, 0.717) is 17.5 Å². The summed E-state index contributed by atoms with van der Waals surface area (Å²) < 4.78 is 1.48. The molecule has 6 nitrogen and oxygen atoms in total. The highest BCUT2D eigenvalue weighted by Crippen LogP contribution is 2.30. The van der Waals surface area contributed by atoms with Gasteiger partial charge in [-0.15, -0.1) is 0 Å². The van der Waals surface area contributed by atoms with Crippen molar-refractivity contribution in [1.82, 2.24) is 19.6 Å². The Bertz CT molecular complexity index is 664. The molecule has 1 aliphatic rings. The first-order valence-corrected chi connectivity index (χ1v) is 7.24. The normalized spacial score (nSPS) is 26.9. The predicted octanol–water partition coefficient (Wildman–Crippen LogP) is 1.96. The summed E-state index contributed by atoms with van der Waals surface area (Å²) in [6, 6.07) is 2.28. The molecule has 0 saturated heterocycles. The third-order valence-electron chi connectivity index (χ3n) is 4.10. The van der Waals surface area contributed by atoms with E-state index < -0.39 is 0 Å². The quantitative estimate of drug-likeness (QED) is 0.878. The molecule has 2 atom stereocenters. The van der Waals surface area contributed by atoms with E-state index >= 15 is 0 Å². The van der Waals surface area contributed by atoms with Crippen LogP contribution < -0.4 is 11.0 Å². The van der Waals surface area contributed by atoms with E-state index in [-0.39, 0.29) is 5.69 Å². The number of aromatic nitrogens is 4. The second kappa shape index (κ2) is 4.92. The van der Waals surface area contributed by atoms with Gasteiger partial charge in [0.25, 0.3) is 0 Å². The molecule has 0 radical (unpaired) electrons. The van der Waals surface area contributed by atoms with Crippen LogP contribution in [0.3, 0.4) is 0 Å². The zero-order chi connectivity index (χ0) is 14.3. The molecular formula is C14H21N5O. The molecule has 1 fully saturated rings. The van der Waals surface area contributed by atoms with E-state index in [9.17, 15) is 4.79 Å². The average molecular weight is 275 g/mol. The topological polar surface area (TPSA) is 75.1 Å². The van der Waals surface area contributed by atoms with Crippen molar-refractivity contribution in [3.63, 3.8) is 0 Å².